The number of carbonyl (C=O) groups is 2. The van der Waals surface area contributed by atoms with Crippen LogP contribution in [0.5, 0.6) is 0 Å². The number of rotatable bonds is 6. The summed E-state index contributed by atoms with van der Waals surface area (Å²) in [6.45, 7) is 11.8. The Balaban J connectivity index is 1.66. The Kier molecular flexibility index (Phi) is 7.71. The molecule has 38 heavy (non-hydrogen) atoms. The Hall–Kier alpha value is -2.62. The first-order chi connectivity index (χ1) is 18.1. The van der Waals surface area contributed by atoms with Gasteiger partial charge in [-0.05, 0) is 55.3 Å². The van der Waals surface area contributed by atoms with Crippen LogP contribution >= 0.6 is 23.1 Å². The second-order valence-corrected chi connectivity index (χ2v) is 13.2. The molecule has 5 rings (SSSR count). The molecule has 0 bridgehead atoms. The minimum Gasteiger partial charge on any atom is -0.376 e. The van der Waals surface area contributed by atoms with E-state index in [0.29, 0.717) is 12.4 Å². The standard InChI is InChI=1S/C29H36N4O3S2/c1-18-9-6-11-21(19(18)2)33-28-25(27(31-33)29(3,4)5)26(22-12-8-14-37-22)38-17-24(35)32(28)16-23(34)30-15-20-10-7-13-36-20/h6,8-9,11-12,14,20,26H,7,10,13,15-17H2,1-5H3,(H,30,34)/t20-,26+/m0/s1. The van der Waals surface area contributed by atoms with Crippen LogP contribution in [0, 0.1) is 13.8 Å². The largest absolute Gasteiger partial charge is 0.376 e. The van der Waals surface area contributed by atoms with Gasteiger partial charge in [0.1, 0.15) is 12.4 Å². The molecule has 1 N–H and O–H groups in total. The number of carbonyl (C=O) groups excluding carboxylic acids is 2. The Morgan fingerprint density at radius 3 is 2.71 bits per heavy atom. The summed E-state index contributed by atoms with van der Waals surface area (Å²) in [4.78, 5) is 29.8. The minimum atomic E-state index is -0.274. The van der Waals surface area contributed by atoms with Gasteiger partial charge in [0.15, 0.2) is 0 Å². The van der Waals surface area contributed by atoms with Crippen molar-refractivity contribution in [2.45, 2.75) is 64.2 Å². The van der Waals surface area contributed by atoms with E-state index in [1.54, 1.807) is 28.0 Å². The lowest BCUT2D eigenvalue weighted by atomic mass is 9.88. The second-order valence-electron chi connectivity index (χ2n) is 11.1. The number of amides is 2. The van der Waals surface area contributed by atoms with Gasteiger partial charge in [-0.3, -0.25) is 14.5 Å². The summed E-state index contributed by atoms with van der Waals surface area (Å²) >= 11 is 3.31. The van der Waals surface area contributed by atoms with E-state index in [4.69, 9.17) is 9.84 Å². The number of hydrogen-bond acceptors (Lipinski definition) is 6. The molecule has 1 aromatic carbocycles. The molecule has 4 heterocycles. The lowest BCUT2D eigenvalue weighted by Gasteiger charge is -2.24. The van der Waals surface area contributed by atoms with Crippen LogP contribution < -0.4 is 10.2 Å². The van der Waals surface area contributed by atoms with Gasteiger partial charge in [0, 0.05) is 29.0 Å². The van der Waals surface area contributed by atoms with Crippen LogP contribution in [0.3, 0.4) is 0 Å². The van der Waals surface area contributed by atoms with Crippen LogP contribution in [0.4, 0.5) is 5.82 Å². The number of ether oxygens (including phenoxy) is 1. The Morgan fingerprint density at radius 1 is 1.21 bits per heavy atom. The third kappa shape index (κ3) is 5.28. The second kappa shape index (κ2) is 10.9. The summed E-state index contributed by atoms with van der Waals surface area (Å²) in [6.07, 6.45) is 2.00. The van der Waals surface area contributed by atoms with Gasteiger partial charge in [-0.2, -0.15) is 5.10 Å². The van der Waals surface area contributed by atoms with E-state index in [-0.39, 0.29) is 40.9 Å². The Labute approximate surface area is 232 Å². The molecule has 3 aromatic rings. The topological polar surface area (TPSA) is 76.5 Å². The highest BCUT2D eigenvalue weighted by molar-refractivity contribution is 8.00. The van der Waals surface area contributed by atoms with E-state index in [0.717, 1.165) is 47.5 Å². The first-order valence-electron chi connectivity index (χ1n) is 13.2. The first-order valence-corrected chi connectivity index (χ1v) is 15.1. The predicted molar refractivity (Wildman–Crippen MR) is 155 cm³/mol. The summed E-state index contributed by atoms with van der Waals surface area (Å²) in [5.41, 5.74) is 4.85. The molecule has 0 saturated carbocycles. The van der Waals surface area contributed by atoms with Crippen molar-refractivity contribution in [2.75, 3.05) is 30.3 Å². The molecular formula is C29H36N4O3S2. The predicted octanol–water partition coefficient (Wildman–Crippen LogP) is 5.31. The van der Waals surface area contributed by atoms with Crippen molar-refractivity contribution in [3.63, 3.8) is 0 Å². The van der Waals surface area contributed by atoms with Crippen LogP contribution in [0.2, 0.25) is 0 Å². The summed E-state index contributed by atoms with van der Waals surface area (Å²) in [6, 6.07) is 10.3. The van der Waals surface area contributed by atoms with Gasteiger partial charge in [0.2, 0.25) is 11.8 Å². The van der Waals surface area contributed by atoms with Crippen LogP contribution in [0.15, 0.2) is 35.7 Å². The van der Waals surface area contributed by atoms with E-state index in [2.05, 4.69) is 63.5 Å². The van der Waals surface area contributed by atoms with E-state index in [9.17, 15) is 9.59 Å². The quantitative estimate of drug-likeness (QED) is 0.448. The van der Waals surface area contributed by atoms with E-state index in [1.807, 2.05) is 16.8 Å². The maximum atomic E-state index is 13.7. The van der Waals surface area contributed by atoms with Crippen molar-refractivity contribution in [3.05, 3.63) is 63.0 Å². The monoisotopic (exact) mass is 552 g/mol. The lowest BCUT2D eigenvalue weighted by Crippen LogP contribution is -2.44. The van der Waals surface area contributed by atoms with Crippen LogP contribution in [-0.4, -0.2) is 53.1 Å². The zero-order valence-electron chi connectivity index (χ0n) is 22.7. The molecule has 1 fully saturated rings. The Morgan fingerprint density at radius 2 is 2.03 bits per heavy atom. The van der Waals surface area contributed by atoms with Crippen LogP contribution in [-0.2, 0) is 19.7 Å². The lowest BCUT2D eigenvalue weighted by molar-refractivity contribution is -0.123. The van der Waals surface area contributed by atoms with Crippen LogP contribution in [0.1, 0.15) is 66.1 Å². The fourth-order valence-electron chi connectivity index (χ4n) is 5.10. The van der Waals surface area contributed by atoms with E-state index < -0.39 is 0 Å². The fourth-order valence-corrected chi connectivity index (χ4v) is 7.28. The highest BCUT2D eigenvalue weighted by Crippen LogP contribution is 2.49. The molecule has 0 aliphatic carbocycles. The molecule has 0 spiro atoms. The van der Waals surface area contributed by atoms with Crippen molar-refractivity contribution in [1.29, 1.82) is 0 Å². The Bertz CT molecular complexity index is 1320. The number of thiophene rings is 1. The van der Waals surface area contributed by atoms with Gasteiger partial charge in [0.25, 0.3) is 0 Å². The van der Waals surface area contributed by atoms with Crippen molar-refractivity contribution >= 4 is 40.7 Å². The minimum absolute atomic E-state index is 0.0427. The SMILES string of the molecule is Cc1cccc(-n2nc(C(C)(C)C)c3c2N(CC(=O)NC[C@@H]2CCCO2)C(=O)CS[C@@H]3c2cccs2)c1C. The molecule has 2 atom stereocenters. The van der Waals surface area contributed by atoms with Gasteiger partial charge in [-0.15, -0.1) is 23.1 Å². The van der Waals surface area contributed by atoms with Gasteiger partial charge < -0.3 is 10.1 Å². The molecule has 2 aromatic heterocycles. The average Bonchev–Trinajstić information content (AvgIpc) is 3.63. The normalized spacial score (nSPS) is 19.9. The van der Waals surface area contributed by atoms with Gasteiger partial charge in [-0.25, -0.2) is 4.68 Å². The summed E-state index contributed by atoms with van der Waals surface area (Å²) in [7, 11) is 0. The van der Waals surface area contributed by atoms with E-state index >= 15 is 0 Å². The highest BCUT2D eigenvalue weighted by Gasteiger charge is 2.40. The highest BCUT2D eigenvalue weighted by atomic mass is 32.2. The molecule has 2 aliphatic rings. The molecule has 202 valence electrons. The fraction of sp³-hybridized carbons (Fsp3) is 0.483. The maximum absolute atomic E-state index is 13.7. The number of anilines is 1. The van der Waals surface area contributed by atoms with Gasteiger partial charge in [-0.1, -0.05) is 39.0 Å². The molecule has 7 nitrogen and oxygen atoms in total. The number of benzene rings is 1. The number of thioether (sulfide) groups is 1. The number of aromatic nitrogens is 2. The molecule has 9 heteroatoms. The van der Waals surface area contributed by atoms with E-state index in [1.165, 1.54) is 4.88 Å². The van der Waals surface area contributed by atoms with Gasteiger partial charge >= 0.3 is 0 Å². The third-order valence-corrected chi connectivity index (χ3v) is 9.58. The smallest absolute Gasteiger partial charge is 0.240 e. The molecule has 2 aliphatic heterocycles. The number of hydrogen-bond donors (Lipinski definition) is 1. The van der Waals surface area contributed by atoms with Crippen LogP contribution in [0.25, 0.3) is 5.69 Å². The van der Waals surface area contributed by atoms with Crippen molar-refractivity contribution in [2.24, 2.45) is 0 Å². The first kappa shape index (κ1) is 27.0. The van der Waals surface area contributed by atoms with Crippen molar-refractivity contribution in [3.8, 4) is 5.69 Å². The number of fused-ring (bicyclic) bond motifs is 1. The molecule has 2 amide bonds. The molecule has 1 saturated heterocycles. The van der Waals surface area contributed by atoms with Gasteiger partial charge in [0.05, 0.1) is 28.5 Å². The summed E-state index contributed by atoms with van der Waals surface area (Å²) in [5.74, 6) is 0.705. The van der Waals surface area contributed by atoms with Crippen molar-refractivity contribution < 1.29 is 14.3 Å². The molecule has 0 unspecified atom stereocenters. The molecular weight excluding hydrogens is 516 g/mol. The number of nitrogens with zero attached hydrogens (tertiary/aromatic N) is 3. The number of nitrogens with one attached hydrogen (secondary N) is 1. The average molecular weight is 553 g/mol. The van der Waals surface area contributed by atoms with Crippen molar-refractivity contribution in [1.82, 2.24) is 15.1 Å². The maximum Gasteiger partial charge on any atom is 0.240 e. The summed E-state index contributed by atoms with van der Waals surface area (Å²) < 4.78 is 7.59. The zero-order valence-corrected chi connectivity index (χ0v) is 24.4. The number of aryl methyl sites for hydroxylation is 1. The molecule has 0 radical (unpaired) electrons. The summed E-state index contributed by atoms with van der Waals surface area (Å²) in [5, 5.41) is 10.2. The third-order valence-electron chi connectivity index (χ3n) is 7.26. The zero-order chi connectivity index (χ0) is 27.0.